The number of rotatable bonds is 0. The zero-order chi connectivity index (χ0) is 4.41. The second-order valence-electron chi connectivity index (χ2n) is 1.82. The van der Waals surface area contributed by atoms with Crippen molar-refractivity contribution in [1.82, 2.24) is 0 Å². The van der Waals surface area contributed by atoms with Gasteiger partial charge in [-0.25, -0.2) is 0 Å². The molecule has 0 aliphatic carbocycles. The van der Waals surface area contributed by atoms with E-state index in [9.17, 15) is 0 Å². The van der Waals surface area contributed by atoms with Gasteiger partial charge in [-0.05, 0) is 19.8 Å². The molecule has 0 saturated carbocycles. The Balaban J connectivity index is 0.000000360. The van der Waals surface area contributed by atoms with Gasteiger partial charge in [-0.3, -0.25) is 0 Å². The molecule has 39 valence electrons. The minimum atomic E-state index is 0. The first-order valence-electron chi connectivity index (χ1n) is 2.51. The van der Waals surface area contributed by atoms with Crippen molar-refractivity contribution in [3.05, 3.63) is 0 Å². The maximum absolute atomic E-state index is 5.15. The minimum absolute atomic E-state index is 0. The molecular weight excluding hydrogens is 86.9 g/mol. The molecule has 0 amide bonds. The summed E-state index contributed by atoms with van der Waals surface area (Å²) in [7, 11) is 0. The van der Waals surface area contributed by atoms with E-state index in [1.54, 1.807) is 0 Å². The summed E-state index contributed by atoms with van der Waals surface area (Å²) >= 11 is 0. The molecule has 1 unspecified atom stereocenters. The smallest absolute Gasteiger partial charge is 0.0547 e. The van der Waals surface area contributed by atoms with Crippen LogP contribution in [0.5, 0.6) is 0 Å². The predicted octanol–water partition coefficient (Wildman–Crippen LogP) is 0.804. The molecule has 1 heterocycles. The summed E-state index contributed by atoms with van der Waals surface area (Å²) in [6.45, 7) is 3.11. The van der Waals surface area contributed by atoms with Gasteiger partial charge in [-0.1, -0.05) is 0 Å². The normalized spacial score (nSPS) is 29.6. The minimum Gasteiger partial charge on any atom is -0.379 e. The van der Waals surface area contributed by atoms with Crippen molar-refractivity contribution in [1.29, 1.82) is 0 Å². The molecule has 1 saturated heterocycles. The maximum Gasteiger partial charge on any atom is 0.0547 e. The molecule has 0 bridgehead atoms. The van der Waals surface area contributed by atoms with Crippen molar-refractivity contribution in [2.75, 3.05) is 6.61 Å². The van der Waals surface area contributed by atoms with E-state index in [2.05, 4.69) is 6.92 Å². The molecule has 1 nitrogen and oxygen atoms in total. The third-order valence-electron chi connectivity index (χ3n) is 1.16. The van der Waals surface area contributed by atoms with Crippen LogP contribution in [-0.2, 0) is 4.74 Å². The van der Waals surface area contributed by atoms with Crippen LogP contribution in [0.25, 0.3) is 0 Å². The third-order valence-corrected chi connectivity index (χ3v) is 1.16. The van der Waals surface area contributed by atoms with Crippen LogP contribution in [0.15, 0.2) is 0 Å². The summed E-state index contributed by atoms with van der Waals surface area (Å²) in [5.41, 5.74) is 0. The molecule has 1 fully saturated rings. The lowest BCUT2D eigenvalue weighted by atomic mass is 10.3. The van der Waals surface area contributed by atoms with Crippen LogP contribution in [0.1, 0.15) is 19.8 Å². The number of hydrogen-bond donors (Lipinski definition) is 0. The molecule has 3 radical (unpaired) electrons. The summed E-state index contributed by atoms with van der Waals surface area (Å²) in [4.78, 5) is 0. The summed E-state index contributed by atoms with van der Waals surface area (Å²) in [6, 6.07) is 0. The summed E-state index contributed by atoms with van der Waals surface area (Å²) < 4.78 is 5.15. The van der Waals surface area contributed by atoms with Crippen molar-refractivity contribution in [3.8, 4) is 0 Å². The van der Waals surface area contributed by atoms with Gasteiger partial charge in [0.25, 0.3) is 0 Å². The highest BCUT2D eigenvalue weighted by Crippen LogP contribution is 2.09. The maximum atomic E-state index is 5.15. The van der Waals surface area contributed by atoms with Crippen LogP contribution in [-0.4, -0.2) is 21.1 Å². The van der Waals surface area contributed by atoms with Gasteiger partial charge in [0.15, 0.2) is 0 Å². The average molecular weight is 96.9 g/mol. The monoisotopic (exact) mass is 97.1 g/mol. The molecule has 0 spiro atoms. The van der Waals surface area contributed by atoms with E-state index in [4.69, 9.17) is 4.74 Å². The van der Waals surface area contributed by atoms with Crippen molar-refractivity contribution in [2.45, 2.75) is 25.9 Å². The third kappa shape index (κ3) is 1.98. The lowest BCUT2D eigenvalue weighted by molar-refractivity contribution is 0.125. The van der Waals surface area contributed by atoms with E-state index < -0.39 is 0 Å². The van der Waals surface area contributed by atoms with E-state index >= 15 is 0 Å². The first-order chi connectivity index (χ1) is 2.89. The van der Waals surface area contributed by atoms with Crippen LogP contribution in [0, 0.1) is 0 Å². The van der Waals surface area contributed by atoms with Gasteiger partial charge in [0.2, 0.25) is 0 Å². The zero-order valence-electron chi connectivity index (χ0n) is 4.68. The molecule has 2 heteroatoms. The Bertz CT molecular complexity index is 41.3. The van der Waals surface area contributed by atoms with Crippen LogP contribution >= 0.6 is 0 Å². The Kier molecular flexibility index (Phi) is 3.09. The summed E-state index contributed by atoms with van der Waals surface area (Å²) in [5.74, 6) is 0. The quantitative estimate of drug-likeness (QED) is 0.406. The summed E-state index contributed by atoms with van der Waals surface area (Å²) in [6.07, 6.45) is 3.08. The molecule has 1 aliphatic rings. The Hall–Kier alpha value is 0.0249. The fraction of sp³-hybridized carbons (Fsp3) is 1.00. The van der Waals surface area contributed by atoms with Gasteiger partial charge < -0.3 is 4.74 Å². The first-order valence-corrected chi connectivity index (χ1v) is 2.51. The van der Waals surface area contributed by atoms with E-state index in [0.717, 1.165) is 6.61 Å². The van der Waals surface area contributed by atoms with Gasteiger partial charge in [0.1, 0.15) is 0 Å². The molecule has 0 N–H and O–H groups in total. The molecule has 1 atom stereocenters. The molecule has 1 rings (SSSR count). The van der Waals surface area contributed by atoms with E-state index in [1.807, 2.05) is 0 Å². The second kappa shape index (κ2) is 3.08. The standard InChI is InChI=1S/C5H10O.B/c1-5-3-2-4-6-5;/h5H,2-4H2,1H3;. The van der Waals surface area contributed by atoms with Gasteiger partial charge >= 0.3 is 0 Å². The summed E-state index contributed by atoms with van der Waals surface area (Å²) in [5, 5.41) is 0. The zero-order valence-corrected chi connectivity index (χ0v) is 4.68. The molecule has 1 aliphatic heterocycles. The van der Waals surface area contributed by atoms with Crippen LogP contribution < -0.4 is 0 Å². The highest BCUT2D eigenvalue weighted by atomic mass is 16.5. The van der Waals surface area contributed by atoms with Crippen molar-refractivity contribution < 1.29 is 4.74 Å². The Labute approximate surface area is 46.6 Å². The first kappa shape index (κ1) is 7.02. The topological polar surface area (TPSA) is 9.23 Å². The molecule has 0 aromatic carbocycles. The largest absolute Gasteiger partial charge is 0.379 e. The van der Waals surface area contributed by atoms with E-state index in [-0.39, 0.29) is 8.41 Å². The van der Waals surface area contributed by atoms with Gasteiger partial charge in [0.05, 0.1) is 6.10 Å². The van der Waals surface area contributed by atoms with Gasteiger partial charge in [-0.2, -0.15) is 0 Å². The van der Waals surface area contributed by atoms with Crippen LogP contribution in [0.2, 0.25) is 0 Å². The van der Waals surface area contributed by atoms with Crippen LogP contribution in [0.4, 0.5) is 0 Å². The van der Waals surface area contributed by atoms with Crippen molar-refractivity contribution in [3.63, 3.8) is 0 Å². The lowest BCUT2D eigenvalue weighted by Gasteiger charge is -1.94. The SMILES string of the molecule is CC1CCCO1.[B]. The Morgan fingerprint density at radius 1 is 1.57 bits per heavy atom. The fourth-order valence-corrected chi connectivity index (χ4v) is 0.739. The molecule has 0 aromatic heterocycles. The lowest BCUT2D eigenvalue weighted by Crippen LogP contribution is -1.94. The molecule has 0 aromatic rings. The van der Waals surface area contributed by atoms with Crippen molar-refractivity contribution >= 4 is 8.41 Å². The van der Waals surface area contributed by atoms with Crippen LogP contribution in [0.3, 0.4) is 0 Å². The van der Waals surface area contributed by atoms with E-state index in [0.29, 0.717) is 6.10 Å². The fourth-order valence-electron chi connectivity index (χ4n) is 0.739. The molecular formula is C5H10BO. The van der Waals surface area contributed by atoms with E-state index in [1.165, 1.54) is 12.8 Å². The van der Waals surface area contributed by atoms with Gasteiger partial charge in [-0.15, -0.1) is 0 Å². The predicted molar refractivity (Wildman–Crippen MR) is 30.4 cm³/mol. The van der Waals surface area contributed by atoms with Crippen molar-refractivity contribution in [2.24, 2.45) is 0 Å². The Morgan fingerprint density at radius 3 is 2.43 bits per heavy atom. The second-order valence-corrected chi connectivity index (χ2v) is 1.82. The average Bonchev–Trinajstić information content (AvgIpc) is 1.86. The highest BCUT2D eigenvalue weighted by molar-refractivity contribution is 5.75. The molecule has 7 heavy (non-hydrogen) atoms. The Morgan fingerprint density at radius 2 is 2.29 bits per heavy atom. The van der Waals surface area contributed by atoms with Gasteiger partial charge in [0, 0.05) is 15.0 Å². The highest BCUT2D eigenvalue weighted by Gasteiger charge is 2.07. The number of hydrogen-bond acceptors (Lipinski definition) is 1. The number of ether oxygens (including phenoxy) is 1.